The second-order valence-corrected chi connectivity index (χ2v) is 5.74. The molecule has 0 aliphatic heterocycles. The first-order chi connectivity index (χ1) is 8.59. The van der Waals surface area contributed by atoms with Gasteiger partial charge in [-0.05, 0) is 58.7 Å². The van der Waals surface area contributed by atoms with Crippen LogP contribution >= 0.6 is 34.2 Å². The summed E-state index contributed by atoms with van der Waals surface area (Å²) in [6.45, 7) is 2.09. The van der Waals surface area contributed by atoms with Crippen LogP contribution in [0.15, 0.2) is 36.7 Å². The number of rotatable bonds is 3. The summed E-state index contributed by atoms with van der Waals surface area (Å²) in [6, 6.07) is 8.09. The Hall–Kier alpha value is -0.650. The Morgan fingerprint density at radius 2 is 2.17 bits per heavy atom. The maximum atomic E-state index is 6.28. The molecule has 1 aromatic heterocycles. The van der Waals surface area contributed by atoms with Crippen molar-refractivity contribution < 1.29 is 0 Å². The van der Waals surface area contributed by atoms with E-state index in [4.69, 9.17) is 17.3 Å². The van der Waals surface area contributed by atoms with E-state index >= 15 is 0 Å². The van der Waals surface area contributed by atoms with Gasteiger partial charge < -0.3 is 5.73 Å². The average molecular weight is 373 g/mol. The third-order valence-corrected chi connectivity index (χ3v) is 4.73. The molecule has 1 heterocycles. The molecule has 2 rings (SSSR count). The fraction of sp³-hybridized carbons (Fsp3) is 0.214. The Morgan fingerprint density at radius 3 is 2.89 bits per heavy atom. The minimum absolute atomic E-state index is 0.0447. The van der Waals surface area contributed by atoms with Crippen molar-refractivity contribution in [1.82, 2.24) is 4.98 Å². The Kier molecular flexibility index (Phi) is 4.59. The first kappa shape index (κ1) is 13.8. The van der Waals surface area contributed by atoms with E-state index in [0.717, 1.165) is 12.0 Å². The van der Waals surface area contributed by atoms with Crippen molar-refractivity contribution >= 4 is 34.2 Å². The van der Waals surface area contributed by atoms with Gasteiger partial charge in [0.15, 0.2) is 0 Å². The van der Waals surface area contributed by atoms with E-state index in [2.05, 4.69) is 46.6 Å². The number of aromatic nitrogens is 1. The largest absolute Gasteiger partial charge is 0.324 e. The highest BCUT2D eigenvalue weighted by Gasteiger charge is 2.13. The number of halogens is 2. The molecule has 1 atom stereocenters. The van der Waals surface area contributed by atoms with Gasteiger partial charge in [0.2, 0.25) is 0 Å². The molecule has 2 N–H and O–H groups in total. The molecule has 0 saturated heterocycles. The van der Waals surface area contributed by atoms with E-state index in [0.29, 0.717) is 5.02 Å². The molecular weight excluding hydrogens is 359 g/mol. The fourth-order valence-corrected chi connectivity index (χ4v) is 2.83. The molecular formula is C14H14ClIN2. The quantitative estimate of drug-likeness (QED) is 0.830. The van der Waals surface area contributed by atoms with Gasteiger partial charge in [-0.2, -0.15) is 0 Å². The van der Waals surface area contributed by atoms with Gasteiger partial charge in [0.05, 0.1) is 5.02 Å². The summed E-state index contributed by atoms with van der Waals surface area (Å²) in [4.78, 5) is 3.98. The van der Waals surface area contributed by atoms with E-state index in [9.17, 15) is 0 Å². The van der Waals surface area contributed by atoms with Crippen LogP contribution in [0.5, 0.6) is 0 Å². The van der Waals surface area contributed by atoms with Crippen molar-refractivity contribution in [2.75, 3.05) is 0 Å². The van der Waals surface area contributed by atoms with Crippen LogP contribution in [0.25, 0.3) is 0 Å². The number of benzene rings is 1. The standard InChI is InChI=1S/C14H14ClIN2/c1-9-3-2-4-11(14(9)16)13(17)7-10-5-6-18-8-12(10)15/h2-6,8,13H,7,17H2,1H3. The van der Waals surface area contributed by atoms with Crippen LogP contribution in [-0.4, -0.2) is 4.98 Å². The normalized spacial score (nSPS) is 12.4. The van der Waals surface area contributed by atoms with E-state index < -0.39 is 0 Å². The van der Waals surface area contributed by atoms with Gasteiger partial charge in [-0.15, -0.1) is 0 Å². The monoisotopic (exact) mass is 372 g/mol. The molecule has 0 bridgehead atoms. The number of nitrogens with zero attached hydrogens (tertiary/aromatic N) is 1. The first-order valence-corrected chi connectivity index (χ1v) is 7.14. The summed E-state index contributed by atoms with van der Waals surface area (Å²) >= 11 is 8.45. The fourth-order valence-electron chi connectivity index (χ4n) is 1.87. The minimum atomic E-state index is -0.0447. The van der Waals surface area contributed by atoms with Crippen molar-refractivity contribution in [1.29, 1.82) is 0 Å². The second-order valence-electron chi connectivity index (χ2n) is 4.26. The lowest BCUT2D eigenvalue weighted by Crippen LogP contribution is -2.15. The smallest absolute Gasteiger partial charge is 0.0622 e. The molecule has 0 radical (unpaired) electrons. The molecule has 2 nitrogen and oxygen atoms in total. The topological polar surface area (TPSA) is 38.9 Å². The molecule has 0 spiro atoms. The molecule has 0 saturated carbocycles. The van der Waals surface area contributed by atoms with Crippen LogP contribution in [0.3, 0.4) is 0 Å². The van der Waals surface area contributed by atoms with Crippen molar-refractivity contribution in [2.45, 2.75) is 19.4 Å². The predicted octanol–water partition coefficient (Wildman–Crippen LogP) is 3.89. The van der Waals surface area contributed by atoms with Crippen molar-refractivity contribution in [3.05, 3.63) is 61.9 Å². The Bertz CT molecular complexity index is 557. The molecule has 1 unspecified atom stereocenters. The predicted molar refractivity (Wildman–Crippen MR) is 83.8 cm³/mol. The van der Waals surface area contributed by atoms with Crippen LogP contribution in [0, 0.1) is 10.5 Å². The van der Waals surface area contributed by atoms with Crippen LogP contribution in [0.1, 0.15) is 22.7 Å². The number of aryl methyl sites for hydroxylation is 1. The molecule has 0 fully saturated rings. The van der Waals surface area contributed by atoms with Crippen LogP contribution in [-0.2, 0) is 6.42 Å². The van der Waals surface area contributed by atoms with Gasteiger partial charge >= 0.3 is 0 Å². The summed E-state index contributed by atoms with van der Waals surface area (Å²) < 4.78 is 1.23. The average Bonchev–Trinajstić information content (AvgIpc) is 2.35. The lowest BCUT2D eigenvalue weighted by molar-refractivity contribution is 0.716. The van der Waals surface area contributed by atoms with E-state index in [1.54, 1.807) is 12.4 Å². The van der Waals surface area contributed by atoms with Crippen molar-refractivity contribution in [3.8, 4) is 0 Å². The summed E-state index contributed by atoms with van der Waals surface area (Å²) in [6.07, 6.45) is 4.13. The van der Waals surface area contributed by atoms with E-state index in [-0.39, 0.29) is 6.04 Å². The molecule has 18 heavy (non-hydrogen) atoms. The summed E-state index contributed by atoms with van der Waals surface area (Å²) in [5, 5.41) is 0.676. The molecule has 1 aromatic carbocycles. The zero-order chi connectivity index (χ0) is 13.1. The number of hydrogen-bond donors (Lipinski definition) is 1. The molecule has 2 aromatic rings. The maximum Gasteiger partial charge on any atom is 0.0622 e. The SMILES string of the molecule is Cc1cccc(C(N)Cc2ccncc2Cl)c1I. The molecule has 94 valence electrons. The van der Waals surface area contributed by atoms with Gasteiger partial charge in [0.25, 0.3) is 0 Å². The van der Waals surface area contributed by atoms with E-state index in [1.807, 2.05) is 12.1 Å². The molecule has 4 heteroatoms. The highest BCUT2D eigenvalue weighted by atomic mass is 127. The maximum absolute atomic E-state index is 6.28. The third kappa shape index (κ3) is 3.02. The summed E-state index contributed by atoms with van der Waals surface area (Å²) in [5.41, 5.74) is 9.74. The zero-order valence-electron chi connectivity index (χ0n) is 10.0. The Morgan fingerprint density at radius 1 is 1.39 bits per heavy atom. The molecule has 0 aliphatic rings. The Balaban J connectivity index is 2.25. The molecule has 0 amide bonds. The number of hydrogen-bond acceptors (Lipinski definition) is 2. The first-order valence-electron chi connectivity index (χ1n) is 5.68. The van der Waals surface area contributed by atoms with Crippen molar-refractivity contribution in [2.24, 2.45) is 5.73 Å². The highest BCUT2D eigenvalue weighted by molar-refractivity contribution is 14.1. The van der Waals surface area contributed by atoms with Crippen molar-refractivity contribution in [3.63, 3.8) is 0 Å². The number of nitrogens with two attached hydrogens (primary N) is 1. The van der Waals surface area contributed by atoms with Crippen LogP contribution in [0.4, 0.5) is 0 Å². The van der Waals surface area contributed by atoms with Gasteiger partial charge in [-0.1, -0.05) is 29.8 Å². The van der Waals surface area contributed by atoms with Gasteiger partial charge in [-0.3, -0.25) is 4.98 Å². The highest BCUT2D eigenvalue weighted by Crippen LogP contribution is 2.26. The molecule has 0 aliphatic carbocycles. The lowest BCUT2D eigenvalue weighted by atomic mass is 9.99. The Labute approximate surface area is 126 Å². The summed E-state index contributed by atoms with van der Waals surface area (Å²) in [7, 11) is 0. The van der Waals surface area contributed by atoms with Crippen LogP contribution in [0.2, 0.25) is 5.02 Å². The van der Waals surface area contributed by atoms with Crippen LogP contribution < -0.4 is 5.73 Å². The minimum Gasteiger partial charge on any atom is -0.324 e. The summed E-state index contributed by atoms with van der Waals surface area (Å²) in [5.74, 6) is 0. The number of pyridine rings is 1. The van der Waals surface area contributed by atoms with Gasteiger partial charge in [0, 0.05) is 22.0 Å². The van der Waals surface area contributed by atoms with Gasteiger partial charge in [0.1, 0.15) is 0 Å². The second kappa shape index (κ2) is 5.99. The zero-order valence-corrected chi connectivity index (χ0v) is 12.9. The lowest BCUT2D eigenvalue weighted by Gasteiger charge is -2.16. The van der Waals surface area contributed by atoms with Gasteiger partial charge in [-0.25, -0.2) is 0 Å². The van der Waals surface area contributed by atoms with E-state index in [1.165, 1.54) is 14.7 Å². The third-order valence-electron chi connectivity index (χ3n) is 2.92.